The molecule has 7 nitrogen and oxygen atoms in total. The fourth-order valence-electron chi connectivity index (χ4n) is 2.28. The van der Waals surface area contributed by atoms with Gasteiger partial charge < -0.3 is 9.47 Å². The van der Waals surface area contributed by atoms with E-state index in [0.717, 1.165) is 10.0 Å². The standard InChI is InChI=1S/C20H21Br2N3O4S/c1-11(2)29-17-6-4-13(9-15(17)22)19(27)23-20(30)25-24-18(26)10-28-16-7-5-14(21)8-12(16)3/h4-9,11H,10H2,1-3H3,(H,24,26)(H2,23,25,27,30). The average molecular weight is 559 g/mol. The third-order valence-electron chi connectivity index (χ3n) is 3.59. The van der Waals surface area contributed by atoms with E-state index in [4.69, 9.17) is 21.7 Å². The van der Waals surface area contributed by atoms with Crippen molar-refractivity contribution in [1.82, 2.24) is 16.2 Å². The highest BCUT2D eigenvalue weighted by Crippen LogP contribution is 2.27. The first-order chi connectivity index (χ1) is 14.2. The van der Waals surface area contributed by atoms with Gasteiger partial charge in [-0.3, -0.25) is 25.8 Å². The summed E-state index contributed by atoms with van der Waals surface area (Å²) in [6.45, 7) is 5.49. The molecule has 0 radical (unpaired) electrons. The zero-order valence-corrected chi connectivity index (χ0v) is 20.5. The Hall–Kier alpha value is -2.17. The summed E-state index contributed by atoms with van der Waals surface area (Å²) in [6.07, 6.45) is 0.0121. The highest BCUT2D eigenvalue weighted by atomic mass is 79.9. The van der Waals surface area contributed by atoms with Gasteiger partial charge in [-0.15, -0.1) is 0 Å². The zero-order chi connectivity index (χ0) is 22.3. The van der Waals surface area contributed by atoms with E-state index in [9.17, 15) is 9.59 Å². The van der Waals surface area contributed by atoms with Crippen molar-refractivity contribution in [3.05, 3.63) is 56.5 Å². The number of hydrogen-bond donors (Lipinski definition) is 3. The van der Waals surface area contributed by atoms with E-state index in [1.807, 2.05) is 32.9 Å². The molecule has 0 saturated heterocycles. The number of aryl methyl sites for hydroxylation is 1. The third-order valence-corrected chi connectivity index (χ3v) is 4.91. The van der Waals surface area contributed by atoms with Crippen LogP contribution in [0.25, 0.3) is 0 Å². The highest BCUT2D eigenvalue weighted by Gasteiger charge is 2.12. The molecule has 0 atom stereocenters. The number of halogens is 2. The zero-order valence-electron chi connectivity index (χ0n) is 16.5. The van der Waals surface area contributed by atoms with E-state index in [0.29, 0.717) is 21.5 Å². The first kappa shape index (κ1) is 24.1. The van der Waals surface area contributed by atoms with Crippen LogP contribution >= 0.6 is 44.1 Å². The lowest BCUT2D eigenvalue weighted by atomic mass is 10.2. The Morgan fingerprint density at radius 1 is 1.07 bits per heavy atom. The lowest BCUT2D eigenvalue weighted by Gasteiger charge is -2.14. The van der Waals surface area contributed by atoms with Crippen LogP contribution in [0, 0.1) is 6.92 Å². The number of benzene rings is 2. The predicted octanol–water partition coefficient (Wildman–Crippen LogP) is 4.02. The normalized spacial score (nSPS) is 10.3. The largest absolute Gasteiger partial charge is 0.490 e. The fraction of sp³-hybridized carbons (Fsp3) is 0.250. The molecule has 0 bridgehead atoms. The van der Waals surface area contributed by atoms with Gasteiger partial charge in [0.2, 0.25) is 0 Å². The summed E-state index contributed by atoms with van der Waals surface area (Å²) in [5.74, 6) is 0.349. The minimum atomic E-state index is -0.452. The third kappa shape index (κ3) is 7.58. The Labute approximate surface area is 197 Å². The summed E-state index contributed by atoms with van der Waals surface area (Å²) >= 11 is 11.8. The van der Waals surface area contributed by atoms with E-state index in [-0.39, 0.29) is 17.8 Å². The summed E-state index contributed by atoms with van der Waals surface area (Å²) in [6, 6.07) is 10.4. The predicted molar refractivity (Wildman–Crippen MR) is 126 cm³/mol. The Bertz CT molecular complexity index is 954. The van der Waals surface area contributed by atoms with Gasteiger partial charge in [-0.2, -0.15) is 0 Å². The monoisotopic (exact) mass is 557 g/mol. The summed E-state index contributed by atoms with van der Waals surface area (Å²) in [5.41, 5.74) is 6.12. The molecule has 0 aromatic heterocycles. The van der Waals surface area contributed by atoms with Crippen molar-refractivity contribution < 1.29 is 19.1 Å². The van der Waals surface area contributed by atoms with Crippen molar-refractivity contribution in [2.45, 2.75) is 26.9 Å². The number of carbonyl (C=O) groups is 2. The number of amides is 2. The number of hydrogen-bond acceptors (Lipinski definition) is 5. The molecule has 0 aliphatic heterocycles. The maximum absolute atomic E-state index is 12.3. The minimum Gasteiger partial charge on any atom is -0.490 e. The van der Waals surface area contributed by atoms with Crippen LogP contribution in [0.2, 0.25) is 0 Å². The molecule has 0 spiro atoms. The molecule has 2 aromatic carbocycles. The molecule has 0 aliphatic carbocycles. The molecular weight excluding hydrogens is 538 g/mol. The van der Waals surface area contributed by atoms with Crippen molar-refractivity contribution in [1.29, 1.82) is 0 Å². The Balaban J connectivity index is 1.80. The molecule has 2 amide bonds. The van der Waals surface area contributed by atoms with Crippen LogP contribution in [0.5, 0.6) is 11.5 Å². The Morgan fingerprint density at radius 3 is 2.40 bits per heavy atom. The Morgan fingerprint density at radius 2 is 1.77 bits per heavy atom. The molecule has 160 valence electrons. The minimum absolute atomic E-state index is 0.0121. The summed E-state index contributed by atoms with van der Waals surface area (Å²) in [7, 11) is 0. The lowest BCUT2D eigenvalue weighted by Crippen LogP contribution is -2.49. The van der Waals surface area contributed by atoms with Crippen molar-refractivity contribution in [3.8, 4) is 11.5 Å². The molecule has 3 N–H and O–H groups in total. The number of hydrazine groups is 1. The highest BCUT2D eigenvalue weighted by molar-refractivity contribution is 9.10. The Kier molecular flexibility index (Phi) is 9.07. The van der Waals surface area contributed by atoms with E-state index >= 15 is 0 Å². The van der Waals surface area contributed by atoms with Crippen molar-refractivity contribution >= 4 is 61.0 Å². The topological polar surface area (TPSA) is 88.7 Å². The van der Waals surface area contributed by atoms with Gasteiger partial charge in [0.25, 0.3) is 11.8 Å². The van der Waals surface area contributed by atoms with Crippen LogP contribution in [-0.4, -0.2) is 29.6 Å². The van der Waals surface area contributed by atoms with E-state index in [1.165, 1.54) is 0 Å². The molecule has 10 heteroatoms. The van der Waals surface area contributed by atoms with Gasteiger partial charge in [-0.1, -0.05) is 15.9 Å². The van der Waals surface area contributed by atoms with Crippen molar-refractivity contribution in [2.75, 3.05) is 6.61 Å². The van der Waals surface area contributed by atoms with Gasteiger partial charge >= 0.3 is 0 Å². The SMILES string of the molecule is Cc1cc(Br)ccc1OCC(=O)NNC(=S)NC(=O)c1ccc(OC(C)C)c(Br)c1. The number of carbonyl (C=O) groups excluding carboxylic acids is 2. The fourth-order valence-corrected chi connectivity index (χ4v) is 3.37. The average Bonchev–Trinajstić information content (AvgIpc) is 2.66. The molecular formula is C20H21Br2N3O4S. The second kappa shape index (κ2) is 11.3. The second-order valence-corrected chi connectivity index (χ2v) is 8.64. The van der Waals surface area contributed by atoms with Crippen LogP contribution in [0.1, 0.15) is 29.8 Å². The summed E-state index contributed by atoms with van der Waals surface area (Å²) in [5, 5.41) is 2.44. The van der Waals surface area contributed by atoms with Gasteiger partial charge in [0, 0.05) is 10.0 Å². The number of ether oxygens (including phenoxy) is 2. The number of thiocarbonyl (C=S) groups is 1. The van der Waals surface area contributed by atoms with Crippen LogP contribution < -0.4 is 25.6 Å². The van der Waals surface area contributed by atoms with Gasteiger partial charge in [-0.05, 0) is 90.9 Å². The molecule has 30 heavy (non-hydrogen) atoms. The molecule has 0 aliphatic rings. The van der Waals surface area contributed by atoms with E-state index < -0.39 is 11.8 Å². The van der Waals surface area contributed by atoms with Crippen molar-refractivity contribution in [2.24, 2.45) is 0 Å². The molecule has 2 rings (SSSR count). The van der Waals surface area contributed by atoms with Crippen LogP contribution in [-0.2, 0) is 4.79 Å². The maximum atomic E-state index is 12.3. The second-order valence-electron chi connectivity index (χ2n) is 6.47. The summed E-state index contributed by atoms with van der Waals surface area (Å²) in [4.78, 5) is 24.2. The van der Waals surface area contributed by atoms with Gasteiger partial charge in [0.1, 0.15) is 11.5 Å². The first-order valence-electron chi connectivity index (χ1n) is 8.91. The maximum Gasteiger partial charge on any atom is 0.276 e. The number of rotatable bonds is 6. The van der Waals surface area contributed by atoms with E-state index in [2.05, 4.69) is 48.0 Å². The smallest absolute Gasteiger partial charge is 0.276 e. The number of nitrogens with one attached hydrogen (secondary N) is 3. The van der Waals surface area contributed by atoms with E-state index in [1.54, 1.807) is 24.3 Å². The molecule has 0 heterocycles. The molecule has 0 unspecified atom stereocenters. The van der Waals surface area contributed by atoms with Crippen LogP contribution in [0.4, 0.5) is 0 Å². The lowest BCUT2D eigenvalue weighted by molar-refractivity contribution is -0.123. The molecule has 0 saturated carbocycles. The van der Waals surface area contributed by atoms with Crippen LogP contribution in [0.15, 0.2) is 45.3 Å². The van der Waals surface area contributed by atoms with Gasteiger partial charge in [-0.25, -0.2) is 0 Å². The van der Waals surface area contributed by atoms with Gasteiger partial charge in [0.15, 0.2) is 11.7 Å². The molecule has 0 fully saturated rings. The van der Waals surface area contributed by atoms with Crippen molar-refractivity contribution in [3.63, 3.8) is 0 Å². The van der Waals surface area contributed by atoms with Crippen LogP contribution in [0.3, 0.4) is 0 Å². The van der Waals surface area contributed by atoms with Gasteiger partial charge in [0.05, 0.1) is 10.6 Å². The summed E-state index contributed by atoms with van der Waals surface area (Å²) < 4.78 is 12.7. The first-order valence-corrected chi connectivity index (χ1v) is 10.9. The quantitative estimate of drug-likeness (QED) is 0.366. The molecule has 2 aromatic rings.